The van der Waals surface area contributed by atoms with E-state index in [9.17, 15) is 14.4 Å². The lowest BCUT2D eigenvalue weighted by atomic mass is 9.73. The maximum Gasteiger partial charge on any atom is 0.244 e. The Kier molecular flexibility index (Phi) is 5.48. The Morgan fingerprint density at radius 3 is 2.36 bits per heavy atom. The van der Waals surface area contributed by atoms with Crippen molar-refractivity contribution in [3.63, 3.8) is 0 Å². The third kappa shape index (κ3) is 3.83. The summed E-state index contributed by atoms with van der Waals surface area (Å²) < 4.78 is 1.07. The Bertz CT molecular complexity index is 898. The molecule has 1 aliphatic heterocycles. The summed E-state index contributed by atoms with van der Waals surface area (Å²) >= 11 is 2.19. The van der Waals surface area contributed by atoms with Gasteiger partial charge in [0.25, 0.3) is 0 Å². The molecule has 0 bridgehead atoms. The third-order valence-electron chi connectivity index (χ3n) is 5.72. The lowest BCUT2D eigenvalue weighted by molar-refractivity contribution is -0.142. The first kappa shape index (κ1) is 19.1. The van der Waals surface area contributed by atoms with Crippen LogP contribution in [0.1, 0.15) is 30.7 Å². The SMILES string of the molecule is O=C(CN1C(=O)[C@H]2C[C@@H](c3ccccc3)CC[C@H]2C1=O)Nc1ccc(I)cc1. The van der Waals surface area contributed by atoms with Crippen LogP contribution in [0.15, 0.2) is 54.6 Å². The molecular formula is C22H21IN2O3. The van der Waals surface area contributed by atoms with Crippen LogP contribution in [0.4, 0.5) is 5.69 Å². The van der Waals surface area contributed by atoms with Gasteiger partial charge < -0.3 is 5.32 Å². The number of hydrogen-bond donors (Lipinski definition) is 1. The summed E-state index contributed by atoms with van der Waals surface area (Å²) in [6.45, 7) is -0.216. The first-order valence-corrected chi connectivity index (χ1v) is 10.6. The lowest BCUT2D eigenvalue weighted by Gasteiger charge is -2.28. The molecular weight excluding hydrogens is 467 g/mol. The summed E-state index contributed by atoms with van der Waals surface area (Å²) in [5, 5.41) is 2.76. The molecule has 1 N–H and O–H groups in total. The van der Waals surface area contributed by atoms with Gasteiger partial charge in [0.2, 0.25) is 17.7 Å². The van der Waals surface area contributed by atoms with E-state index >= 15 is 0 Å². The largest absolute Gasteiger partial charge is 0.325 e. The van der Waals surface area contributed by atoms with Crippen LogP contribution in [0.5, 0.6) is 0 Å². The summed E-state index contributed by atoms with van der Waals surface area (Å²) in [5.74, 6) is -1.04. The van der Waals surface area contributed by atoms with Crippen LogP contribution in [-0.2, 0) is 14.4 Å². The number of rotatable bonds is 4. The van der Waals surface area contributed by atoms with Crippen molar-refractivity contribution in [1.29, 1.82) is 0 Å². The fourth-order valence-corrected chi connectivity index (χ4v) is 4.67. The number of anilines is 1. The minimum atomic E-state index is -0.346. The Morgan fingerprint density at radius 1 is 0.964 bits per heavy atom. The predicted molar refractivity (Wildman–Crippen MR) is 115 cm³/mol. The number of imide groups is 1. The van der Waals surface area contributed by atoms with Crippen molar-refractivity contribution in [1.82, 2.24) is 4.90 Å². The van der Waals surface area contributed by atoms with Gasteiger partial charge in [-0.1, -0.05) is 30.3 Å². The number of nitrogens with zero attached hydrogens (tertiary/aromatic N) is 1. The summed E-state index contributed by atoms with van der Waals surface area (Å²) in [6.07, 6.45) is 2.27. The molecule has 144 valence electrons. The Hall–Kier alpha value is -2.22. The molecule has 1 heterocycles. The summed E-state index contributed by atoms with van der Waals surface area (Å²) in [4.78, 5) is 39.2. The first-order chi connectivity index (χ1) is 13.5. The molecule has 5 nitrogen and oxygen atoms in total. The molecule has 1 saturated carbocycles. The number of nitrogens with one attached hydrogen (secondary N) is 1. The maximum atomic E-state index is 12.9. The zero-order valence-electron chi connectivity index (χ0n) is 15.3. The van der Waals surface area contributed by atoms with Crippen molar-refractivity contribution in [3.05, 3.63) is 63.7 Å². The van der Waals surface area contributed by atoms with E-state index in [0.717, 1.165) is 14.9 Å². The Morgan fingerprint density at radius 2 is 1.64 bits per heavy atom. The number of fused-ring (bicyclic) bond motifs is 1. The van der Waals surface area contributed by atoms with Gasteiger partial charge in [-0.15, -0.1) is 0 Å². The van der Waals surface area contributed by atoms with Gasteiger partial charge in [0, 0.05) is 9.26 Å². The van der Waals surface area contributed by atoms with Gasteiger partial charge in [-0.05, 0) is 77.6 Å². The van der Waals surface area contributed by atoms with Crippen molar-refractivity contribution in [2.75, 3.05) is 11.9 Å². The average Bonchev–Trinajstić information content (AvgIpc) is 2.95. The topological polar surface area (TPSA) is 66.5 Å². The van der Waals surface area contributed by atoms with Crippen molar-refractivity contribution >= 4 is 46.0 Å². The Labute approximate surface area is 177 Å². The normalized spacial score (nSPS) is 24.2. The molecule has 28 heavy (non-hydrogen) atoms. The molecule has 2 aliphatic rings. The molecule has 1 saturated heterocycles. The summed E-state index contributed by atoms with van der Waals surface area (Å²) in [7, 11) is 0. The second-order valence-corrected chi connectivity index (χ2v) is 8.70. The highest BCUT2D eigenvalue weighted by Gasteiger charge is 2.50. The van der Waals surface area contributed by atoms with Crippen molar-refractivity contribution in [2.24, 2.45) is 11.8 Å². The monoisotopic (exact) mass is 488 g/mol. The summed E-state index contributed by atoms with van der Waals surface area (Å²) in [6, 6.07) is 17.5. The number of carbonyl (C=O) groups excluding carboxylic acids is 3. The molecule has 0 spiro atoms. The molecule has 2 aromatic rings. The number of hydrogen-bond acceptors (Lipinski definition) is 3. The van der Waals surface area contributed by atoms with E-state index in [2.05, 4.69) is 40.0 Å². The van der Waals surface area contributed by atoms with Gasteiger partial charge >= 0.3 is 0 Å². The van der Waals surface area contributed by atoms with E-state index in [-0.39, 0.29) is 36.1 Å². The summed E-state index contributed by atoms with van der Waals surface area (Å²) in [5.41, 5.74) is 1.88. The highest BCUT2D eigenvalue weighted by Crippen LogP contribution is 2.44. The molecule has 3 atom stereocenters. The number of amides is 3. The second-order valence-electron chi connectivity index (χ2n) is 7.45. The molecule has 1 aliphatic carbocycles. The first-order valence-electron chi connectivity index (χ1n) is 9.48. The Balaban J connectivity index is 1.42. The van der Waals surface area contributed by atoms with Crippen LogP contribution in [0, 0.1) is 15.4 Å². The van der Waals surface area contributed by atoms with Crippen molar-refractivity contribution < 1.29 is 14.4 Å². The number of likely N-dealkylation sites (tertiary alicyclic amines) is 1. The lowest BCUT2D eigenvalue weighted by Crippen LogP contribution is -2.38. The highest BCUT2D eigenvalue weighted by molar-refractivity contribution is 14.1. The van der Waals surface area contributed by atoms with E-state index in [0.29, 0.717) is 24.4 Å². The van der Waals surface area contributed by atoms with Crippen LogP contribution >= 0.6 is 22.6 Å². The van der Waals surface area contributed by atoms with Gasteiger partial charge in [-0.3, -0.25) is 19.3 Å². The molecule has 0 unspecified atom stereocenters. The van der Waals surface area contributed by atoms with E-state index in [1.54, 1.807) is 12.1 Å². The van der Waals surface area contributed by atoms with Crippen LogP contribution in [-0.4, -0.2) is 29.2 Å². The van der Waals surface area contributed by atoms with Crippen LogP contribution in [0.2, 0.25) is 0 Å². The molecule has 0 radical (unpaired) electrons. The zero-order chi connectivity index (χ0) is 19.7. The van der Waals surface area contributed by atoms with E-state index in [4.69, 9.17) is 0 Å². The molecule has 3 amide bonds. The van der Waals surface area contributed by atoms with E-state index in [1.165, 1.54) is 5.56 Å². The molecule has 4 rings (SSSR count). The highest BCUT2D eigenvalue weighted by atomic mass is 127. The fourth-order valence-electron chi connectivity index (χ4n) is 4.31. The third-order valence-corrected chi connectivity index (χ3v) is 6.44. The number of benzene rings is 2. The molecule has 6 heteroatoms. The van der Waals surface area contributed by atoms with E-state index < -0.39 is 0 Å². The zero-order valence-corrected chi connectivity index (χ0v) is 17.5. The molecule has 2 fully saturated rings. The minimum absolute atomic E-state index is 0.195. The molecule has 0 aromatic heterocycles. The van der Waals surface area contributed by atoms with Crippen molar-refractivity contribution in [3.8, 4) is 0 Å². The minimum Gasteiger partial charge on any atom is -0.325 e. The predicted octanol–water partition coefficient (Wildman–Crippen LogP) is 3.80. The van der Waals surface area contributed by atoms with Crippen LogP contribution in [0.25, 0.3) is 0 Å². The van der Waals surface area contributed by atoms with Gasteiger partial charge in [-0.25, -0.2) is 0 Å². The fraction of sp³-hybridized carbons (Fsp3) is 0.318. The molecule has 2 aromatic carbocycles. The van der Waals surface area contributed by atoms with E-state index in [1.807, 2.05) is 30.3 Å². The van der Waals surface area contributed by atoms with Crippen LogP contribution in [0.3, 0.4) is 0 Å². The average molecular weight is 488 g/mol. The number of carbonyl (C=O) groups is 3. The quantitative estimate of drug-likeness (QED) is 0.526. The second kappa shape index (κ2) is 8.03. The van der Waals surface area contributed by atoms with Gasteiger partial charge in [0.05, 0.1) is 11.8 Å². The number of halogens is 1. The van der Waals surface area contributed by atoms with Gasteiger partial charge in [0.1, 0.15) is 6.54 Å². The van der Waals surface area contributed by atoms with Crippen molar-refractivity contribution in [2.45, 2.75) is 25.2 Å². The van der Waals surface area contributed by atoms with Crippen LogP contribution < -0.4 is 5.32 Å². The standard InChI is InChI=1S/C22H21IN2O3/c23-16-7-9-17(10-8-16)24-20(26)13-25-21(27)18-11-6-15(12-19(18)22(25)28)14-4-2-1-3-5-14/h1-5,7-10,15,18-19H,6,11-13H2,(H,24,26)/t15-,18+,19-/m0/s1. The smallest absolute Gasteiger partial charge is 0.244 e. The van der Waals surface area contributed by atoms with Gasteiger partial charge in [0.15, 0.2) is 0 Å². The maximum absolute atomic E-state index is 12.9. The van der Waals surface area contributed by atoms with Gasteiger partial charge in [-0.2, -0.15) is 0 Å².